The Balaban J connectivity index is 2.48. The van der Waals surface area contributed by atoms with Gasteiger partial charge in [-0.3, -0.25) is 0 Å². The lowest BCUT2D eigenvalue weighted by Crippen LogP contribution is -2.15. The maximum atomic E-state index is 5.67. The Morgan fingerprint density at radius 1 is 1.33 bits per heavy atom. The van der Waals surface area contributed by atoms with Gasteiger partial charge in [-0.05, 0) is 60.1 Å². The summed E-state index contributed by atoms with van der Waals surface area (Å²) in [6, 6.07) is 8.92. The third kappa shape index (κ3) is 3.54. The zero-order valence-corrected chi connectivity index (χ0v) is 9.41. The number of benzene rings is 1. The molecular formula is C10H14IN. The van der Waals surface area contributed by atoms with Crippen molar-refractivity contribution in [3.8, 4) is 0 Å². The Morgan fingerprint density at radius 2 is 1.92 bits per heavy atom. The van der Waals surface area contributed by atoms with Gasteiger partial charge in [0.25, 0.3) is 0 Å². The molecule has 2 heteroatoms. The molecule has 0 bridgehead atoms. The molecule has 2 N–H and O–H groups in total. The molecule has 0 saturated heterocycles. The fourth-order valence-corrected chi connectivity index (χ4v) is 1.40. The molecule has 0 aliphatic carbocycles. The molecule has 66 valence electrons. The molecule has 1 nitrogen and oxygen atoms in total. The SMILES string of the molecule is C[C@H](N)CCc1ccc(I)cc1. The largest absolute Gasteiger partial charge is 0.328 e. The average Bonchev–Trinajstić information content (AvgIpc) is 2.03. The van der Waals surface area contributed by atoms with Crippen LogP contribution in [0.3, 0.4) is 0 Å². The number of hydrogen-bond donors (Lipinski definition) is 1. The van der Waals surface area contributed by atoms with E-state index in [0.717, 1.165) is 12.8 Å². The highest BCUT2D eigenvalue weighted by molar-refractivity contribution is 14.1. The van der Waals surface area contributed by atoms with Crippen LogP contribution >= 0.6 is 22.6 Å². The Morgan fingerprint density at radius 3 is 2.42 bits per heavy atom. The molecule has 12 heavy (non-hydrogen) atoms. The minimum atomic E-state index is 0.310. The van der Waals surface area contributed by atoms with Crippen LogP contribution in [-0.4, -0.2) is 6.04 Å². The third-order valence-electron chi connectivity index (χ3n) is 1.80. The van der Waals surface area contributed by atoms with Crippen LogP contribution < -0.4 is 5.73 Å². The van der Waals surface area contributed by atoms with Crippen molar-refractivity contribution < 1.29 is 0 Å². The Hall–Kier alpha value is -0.0900. The first kappa shape index (κ1) is 9.99. The molecule has 1 aromatic carbocycles. The molecule has 1 atom stereocenters. The average molecular weight is 275 g/mol. The predicted molar refractivity (Wildman–Crippen MR) is 61.1 cm³/mol. The van der Waals surface area contributed by atoms with Crippen molar-refractivity contribution in [2.45, 2.75) is 25.8 Å². The molecule has 1 aromatic rings. The van der Waals surface area contributed by atoms with Crippen LogP contribution in [0.15, 0.2) is 24.3 Å². The van der Waals surface area contributed by atoms with Gasteiger partial charge in [0, 0.05) is 9.61 Å². The Kier molecular flexibility index (Phi) is 4.01. The molecule has 0 aliphatic rings. The molecule has 0 heterocycles. The van der Waals surface area contributed by atoms with Crippen LogP contribution in [0.25, 0.3) is 0 Å². The number of aryl methyl sites for hydroxylation is 1. The zero-order valence-electron chi connectivity index (χ0n) is 7.26. The number of halogens is 1. The molecule has 0 saturated carbocycles. The maximum Gasteiger partial charge on any atom is 0.0130 e. The van der Waals surface area contributed by atoms with Crippen LogP contribution in [-0.2, 0) is 6.42 Å². The fraction of sp³-hybridized carbons (Fsp3) is 0.400. The molecule has 0 radical (unpaired) electrons. The standard InChI is InChI=1S/C10H14IN/c1-8(12)2-3-9-4-6-10(11)7-5-9/h4-8H,2-3,12H2,1H3/t8-/m0/s1. The van der Waals surface area contributed by atoms with Crippen molar-refractivity contribution in [1.29, 1.82) is 0 Å². The van der Waals surface area contributed by atoms with Crippen LogP contribution in [0.4, 0.5) is 0 Å². The lowest BCUT2D eigenvalue weighted by Gasteiger charge is -2.04. The summed E-state index contributed by atoms with van der Waals surface area (Å²) in [5.41, 5.74) is 7.05. The van der Waals surface area contributed by atoms with E-state index in [1.807, 2.05) is 6.92 Å². The van der Waals surface area contributed by atoms with E-state index in [9.17, 15) is 0 Å². The molecule has 0 fully saturated rings. The van der Waals surface area contributed by atoms with E-state index >= 15 is 0 Å². The number of rotatable bonds is 3. The van der Waals surface area contributed by atoms with Crippen molar-refractivity contribution in [2.75, 3.05) is 0 Å². The smallest absolute Gasteiger partial charge is 0.0130 e. The van der Waals surface area contributed by atoms with E-state index in [1.165, 1.54) is 9.13 Å². The number of nitrogens with two attached hydrogens (primary N) is 1. The third-order valence-corrected chi connectivity index (χ3v) is 2.52. The van der Waals surface area contributed by atoms with Crippen LogP contribution in [0.1, 0.15) is 18.9 Å². The molecule has 0 unspecified atom stereocenters. The van der Waals surface area contributed by atoms with Gasteiger partial charge in [-0.2, -0.15) is 0 Å². The van der Waals surface area contributed by atoms with Gasteiger partial charge >= 0.3 is 0 Å². The van der Waals surface area contributed by atoms with Crippen molar-refractivity contribution >= 4 is 22.6 Å². The molecule has 0 amide bonds. The highest BCUT2D eigenvalue weighted by atomic mass is 127. The van der Waals surface area contributed by atoms with Crippen LogP contribution in [0.2, 0.25) is 0 Å². The second kappa shape index (κ2) is 4.82. The van der Waals surface area contributed by atoms with Gasteiger partial charge in [0.15, 0.2) is 0 Å². The van der Waals surface area contributed by atoms with Crippen molar-refractivity contribution in [3.63, 3.8) is 0 Å². The first-order valence-electron chi connectivity index (χ1n) is 4.18. The monoisotopic (exact) mass is 275 g/mol. The second-order valence-corrected chi connectivity index (χ2v) is 4.39. The van der Waals surface area contributed by atoms with Gasteiger partial charge in [-0.1, -0.05) is 12.1 Å². The minimum absolute atomic E-state index is 0.310. The van der Waals surface area contributed by atoms with Gasteiger partial charge in [0.1, 0.15) is 0 Å². The summed E-state index contributed by atoms with van der Waals surface area (Å²) in [6.45, 7) is 2.05. The van der Waals surface area contributed by atoms with E-state index in [4.69, 9.17) is 5.73 Å². The summed E-state index contributed by atoms with van der Waals surface area (Å²) in [6.07, 6.45) is 2.16. The van der Waals surface area contributed by atoms with Gasteiger partial charge in [-0.25, -0.2) is 0 Å². The van der Waals surface area contributed by atoms with E-state index < -0.39 is 0 Å². The topological polar surface area (TPSA) is 26.0 Å². The van der Waals surface area contributed by atoms with Gasteiger partial charge in [0.05, 0.1) is 0 Å². The lowest BCUT2D eigenvalue weighted by atomic mass is 10.1. The first-order chi connectivity index (χ1) is 5.68. The van der Waals surface area contributed by atoms with E-state index in [2.05, 4.69) is 46.9 Å². The van der Waals surface area contributed by atoms with Gasteiger partial charge < -0.3 is 5.73 Å². The Bertz CT molecular complexity index is 228. The summed E-state index contributed by atoms with van der Waals surface area (Å²) >= 11 is 2.31. The summed E-state index contributed by atoms with van der Waals surface area (Å²) in [5, 5.41) is 0. The van der Waals surface area contributed by atoms with Crippen LogP contribution in [0.5, 0.6) is 0 Å². The summed E-state index contributed by atoms with van der Waals surface area (Å²) in [5.74, 6) is 0. The summed E-state index contributed by atoms with van der Waals surface area (Å²) in [7, 11) is 0. The lowest BCUT2D eigenvalue weighted by molar-refractivity contribution is 0.666. The summed E-state index contributed by atoms with van der Waals surface area (Å²) in [4.78, 5) is 0. The predicted octanol–water partition coefficient (Wildman–Crippen LogP) is 2.57. The highest BCUT2D eigenvalue weighted by Gasteiger charge is 1.96. The Labute approximate surface area is 87.5 Å². The van der Waals surface area contributed by atoms with Crippen molar-refractivity contribution in [3.05, 3.63) is 33.4 Å². The highest BCUT2D eigenvalue weighted by Crippen LogP contribution is 2.08. The van der Waals surface area contributed by atoms with E-state index in [1.54, 1.807) is 0 Å². The first-order valence-corrected chi connectivity index (χ1v) is 5.26. The molecule has 1 rings (SSSR count). The van der Waals surface area contributed by atoms with Crippen molar-refractivity contribution in [1.82, 2.24) is 0 Å². The number of hydrogen-bond acceptors (Lipinski definition) is 1. The van der Waals surface area contributed by atoms with Crippen LogP contribution in [0, 0.1) is 3.57 Å². The second-order valence-electron chi connectivity index (χ2n) is 3.14. The quantitative estimate of drug-likeness (QED) is 0.843. The normalized spacial score (nSPS) is 12.9. The maximum absolute atomic E-state index is 5.67. The van der Waals surface area contributed by atoms with Gasteiger partial charge in [0.2, 0.25) is 0 Å². The molecule has 0 aliphatic heterocycles. The van der Waals surface area contributed by atoms with Gasteiger partial charge in [-0.15, -0.1) is 0 Å². The molecular weight excluding hydrogens is 261 g/mol. The molecule has 0 spiro atoms. The molecule has 0 aromatic heterocycles. The summed E-state index contributed by atoms with van der Waals surface area (Å²) < 4.78 is 1.29. The van der Waals surface area contributed by atoms with E-state index in [0.29, 0.717) is 6.04 Å². The zero-order chi connectivity index (χ0) is 8.97. The van der Waals surface area contributed by atoms with Crippen molar-refractivity contribution in [2.24, 2.45) is 5.73 Å². The van der Waals surface area contributed by atoms with E-state index in [-0.39, 0.29) is 0 Å². The fourth-order valence-electron chi connectivity index (χ4n) is 1.05. The minimum Gasteiger partial charge on any atom is -0.328 e.